The lowest BCUT2D eigenvalue weighted by molar-refractivity contribution is 0.0969. The molecule has 0 unspecified atom stereocenters. The highest BCUT2D eigenvalue weighted by molar-refractivity contribution is 7.88. The molecule has 0 aliphatic carbocycles. The number of hydrogen-bond donors (Lipinski definition) is 1. The molecule has 0 saturated carbocycles. The van der Waals surface area contributed by atoms with Crippen LogP contribution in [0.15, 0.2) is 51.8 Å². The fourth-order valence-corrected chi connectivity index (χ4v) is 3.54. The number of methoxy groups -OCH3 is 2. The first kappa shape index (κ1) is 23.2. The number of benzene rings is 2. The highest BCUT2D eigenvalue weighted by atomic mass is 32.2. The third-order valence-corrected chi connectivity index (χ3v) is 5.41. The van der Waals surface area contributed by atoms with Gasteiger partial charge in [-0.2, -0.15) is 0 Å². The van der Waals surface area contributed by atoms with Gasteiger partial charge in [0.1, 0.15) is 0 Å². The van der Waals surface area contributed by atoms with E-state index in [0.29, 0.717) is 29.0 Å². The number of hydrogen-bond acceptors (Lipinski definition) is 8. The van der Waals surface area contributed by atoms with Crippen LogP contribution in [0.4, 0.5) is 0 Å². The molecule has 3 rings (SSSR count). The van der Waals surface area contributed by atoms with Gasteiger partial charge in [0, 0.05) is 17.7 Å². The lowest BCUT2D eigenvalue weighted by atomic mass is 10.1. The third-order valence-electron chi connectivity index (χ3n) is 4.68. The molecule has 3 aromatic rings. The second-order valence-corrected chi connectivity index (χ2v) is 8.80. The van der Waals surface area contributed by atoms with Crippen LogP contribution in [0.3, 0.4) is 0 Å². The molecule has 2 aromatic carbocycles. The van der Waals surface area contributed by atoms with Gasteiger partial charge in [0.25, 0.3) is 0 Å². The molecule has 0 radical (unpaired) electrons. The van der Waals surface area contributed by atoms with Crippen LogP contribution < -0.4 is 20.0 Å². The number of nitrogens with one attached hydrogen (secondary N) is 1. The SMILES string of the molecule is COc1ccc(-c2noc(=O)n2CC(=O)c2ccc(CCNS(C)(=O)=O)cc2)cc1OC. The van der Waals surface area contributed by atoms with Crippen LogP contribution in [0.25, 0.3) is 11.4 Å². The Hall–Kier alpha value is -3.44. The maximum atomic E-state index is 12.8. The van der Waals surface area contributed by atoms with Gasteiger partial charge in [-0.3, -0.25) is 9.32 Å². The van der Waals surface area contributed by atoms with E-state index < -0.39 is 15.8 Å². The molecule has 0 aliphatic rings. The van der Waals surface area contributed by atoms with Crippen molar-refractivity contribution in [2.24, 2.45) is 0 Å². The smallest absolute Gasteiger partial charge is 0.442 e. The van der Waals surface area contributed by atoms with E-state index in [1.807, 2.05) is 0 Å². The van der Waals surface area contributed by atoms with Crippen LogP contribution in [0.2, 0.25) is 0 Å². The van der Waals surface area contributed by atoms with E-state index in [9.17, 15) is 18.0 Å². The van der Waals surface area contributed by atoms with Gasteiger partial charge >= 0.3 is 5.76 Å². The van der Waals surface area contributed by atoms with Crippen molar-refractivity contribution in [2.45, 2.75) is 13.0 Å². The van der Waals surface area contributed by atoms with Crippen LogP contribution in [-0.4, -0.2) is 50.9 Å². The zero-order chi connectivity index (χ0) is 23.3. The molecule has 170 valence electrons. The van der Waals surface area contributed by atoms with E-state index in [-0.39, 0.29) is 24.7 Å². The van der Waals surface area contributed by atoms with E-state index >= 15 is 0 Å². The van der Waals surface area contributed by atoms with Crippen LogP contribution in [0.5, 0.6) is 11.5 Å². The summed E-state index contributed by atoms with van der Waals surface area (Å²) in [6.45, 7) is -0.00210. The summed E-state index contributed by atoms with van der Waals surface area (Å²) < 4.78 is 41.1. The van der Waals surface area contributed by atoms with Crippen LogP contribution in [0.1, 0.15) is 15.9 Å². The zero-order valence-corrected chi connectivity index (χ0v) is 18.6. The number of Topliss-reactive ketones (excluding diaryl/α,β-unsaturated/α-hetero) is 1. The number of aromatic nitrogens is 2. The molecule has 1 aromatic heterocycles. The Morgan fingerprint density at radius 2 is 1.78 bits per heavy atom. The van der Waals surface area contributed by atoms with Gasteiger partial charge in [-0.1, -0.05) is 29.4 Å². The Kier molecular flexibility index (Phi) is 7.11. The molecule has 1 heterocycles. The second-order valence-electron chi connectivity index (χ2n) is 6.96. The molecule has 11 heteroatoms. The summed E-state index contributed by atoms with van der Waals surface area (Å²) in [6, 6.07) is 11.7. The van der Waals surface area contributed by atoms with E-state index in [1.165, 1.54) is 14.2 Å². The Labute approximate surface area is 184 Å². The average molecular weight is 461 g/mol. The predicted molar refractivity (Wildman–Crippen MR) is 117 cm³/mol. The standard InChI is InChI=1S/C21H23N3O7S/c1-29-18-9-8-16(12-19(18)30-2)20-23-31-21(26)24(20)13-17(25)15-6-4-14(5-7-15)10-11-22-32(3,27)28/h4-9,12,22H,10-11,13H2,1-3H3. The number of ketones is 1. The molecule has 0 atom stereocenters. The number of ether oxygens (including phenoxy) is 2. The number of carbonyl (C=O) groups excluding carboxylic acids is 1. The molecule has 0 fully saturated rings. The van der Waals surface area contributed by atoms with E-state index in [0.717, 1.165) is 16.4 Å². The minimum Gasteiger partial charge on any atom is -0.493 e. The van der Waals surface area contributed by atoms with Gasteiger partial charge in [0.2, 0.25) is 10.0 Å². The molecule has 0 saturated heterocycles. The largest absolute Gasteiger partial charge is 0.493 e. The molecular formula is C21H23N3O7S. The molecule has 32 heavy (non-hydrogen) atoms. The van der Waals surface area contributed by atoms with Crippen molar-refractivity contribution < 1.29 is 27.2 Å². The van der Waals surface area contributed by atoms with Gasteiger partial charge in [-0.15, -0.1) is 0 Å². The maximum absolute atomic E-state index is 12.8. The van der Waals surface area contributed by atoms with Gasteiger partial charge in [0.15, 0.2) is 23.1 Å². The van der Waals surface area contributed by atoms with Crippen molar-refractivity contribution in [3.63, 3.8) is 0 Å². The fourth-order valence-electron chi connectivity index (χ4n) is 3.06. The second kappa shape index (κ2) is 9.79. The van der Waals surface area contributed by atoms with E-state index in [2.05, 4.69) is 9.88 Å². The molecule has 0 spiro atoms. The summed E-state index contributed by atoms with van der Waals surface area (Å²) >= 11 is 0. The lowest BCUT2D eigenvalue weighted by Crippen LogP contribution is -2.24. The third kappa shape index (κ3) is 5.62. The van der Waals surface area contributed by atoms with Crippen molar-refractivity contribution in [1.29, 1.82) is 0 Å². The highest BCUT2D eigenvalue weighted by Crippen LogP contribution is 2.31. The lowest BCUT2D eigenvalue weighted by Gasteiger charge is -2.10. The first-order valence-corrected chi connectivity index (χ1v) is 11.5. The van der Waals surface area contributed by atoms with Crippen molar-refractivity contribution in [2.75, 3.05) is 27.0 Å². The molecule has 1 N–H and O–H groups in total. The Morgan fingerprint density at radius 3 is 2.41 bits per heavy atom. The summed E-state index contributed by atoms with van der Waals surface area (Å²) in [5.74, 6) is 0.0769. The van der Waals surface area contributed by atoms with Gasteiger partial charge in [-0.05, 0) is 30.2 Å². The first-order valence-electron chi connectivity index (χ1n) is 9.57. The summed E-state index contributed by atoms with van der Waals surface area (Å²) in [5, 5.41) is 3.80. The van der Waals surface area contributed by atoms with Gasteiger partial charge in [-0.25, -0.2) is 22.5 Å². The number of sulfonamides is 1. The van der Waals surface area contributed by atoms with Crippen molar-refractivity contribution in [1.82, 2.24) is 14.4 Å². The Balaban J connectivity index is 1.76. The van der Waals surface area contributed by atoms with Crippen molar-refractivity contribution in [3.8, 4) is 22.9 Å². The number of carbonyl (C=O) groups is 1. The number of nitrogens with zero attached hydrogens (tertiary/aromatic N) is 2. The Bertz CT molecular complexity index is 1260. The van der Waals surface area contributed by atoms with Gasteiger partial charge < -0.3 is 9.47 Å². The topological polar surface area (TPSA) is 130 Å². The fraction of sp³-hybridized carbons (Fsp3) is 0.286. The average Bonchev–Trinajstić information content (AvgIpc) is 3.12. The van der Waals surface area contributed by atoms with Crippen LogP contribution in [-0.2, 0) is 23.0 Å². The van der Waals surface area contributed by atoms with Gasteiger partial charge in [0.05, 0.1) is 27.0 Å². The molecular weight excluding hydrogens is 438 g/mol. The predicted octanol–water partition coefficient (Wildman–Crippen LogP) is 1.50. The highest BCUT2D eigenvalue weighted by Gasteiger charge is 2.18. The normalized spacial score (nSPS) is 11.3. The minimum absolute atomic E-state index is 0.188. The minimum atomic E-state index is -3.25. The van der Waals surface area contributed by atoms with E-state index in [4.69, 9.17) is 14.0 Å². The summed E-state index contributed by atoms with van der Waals surface area (Å²) in [6.07, 6.45) is 1.58. The molecule has 10 nitrogen and oxygen atoms in total. The number of rotatable bonds is 10. The monoisotopic (exact) mass is 461 g/mol. The quantitative estimate of drug-likeness (QED) is 0.450. The van der Waals surface area contributed by atoms with Crippen molar-refractivity contribution in [3.05, 3.63) is 64.1 Å². The molecule has 0 amide bonds. The van der Waals surface area contributed by atoms with E-state index in [1.54, 1.807) is 42.5 Å². The Morgan fingerprint density at radius 1 is 1.09 bits per heavy atom. The molecule has 0 aliphatic heterocycles. The maximum Gasteiger partial charge on any atom is 0.442 e. The van der Waals surface area contributed by atoms with Crippen LogP contribution >= 0.6 is 0 Å². The molecule has 0 bridgehead atoms. The summed E-state index contributed by atoms with van der Waals surface area (Å²) in [4.78, 5) is 24.9. The van der Waals surface area contributed by atoms with Crippen LogP contribution in [0, 0.1) is 0 Å². The zero-order valence-electron chi connectivity index (χ0n) is 17.8. The van der Waals surface area contributed by atoms with Crippen molar-refractivity contribution >= 4 is 15.8 Å². The summed E-state index contributed by atoms with van der Waals surface area (Å²) in [7, 11) is -0.253. The summed E-state index contributed by atoms with van der Waals surface area (Å²) in [5.41, 5.74) is 1.79. The first-order chi connectivity index (χ1) is 15.2.